The predicted octanol–water partition coefficient (Wildman–Crippen LogP) is 4.33. The minimum Gasteiger partial charge on any atom is -0.497 e. The third kappa shape index (κ3) is 9.89. The van der Waals surface area contributed by atoms with Gasteiger partial charge in [-0.3, -0.25) is 19.1 Å². The lowest BCUT2D eigenvalue weighted by molar-refractivity contribution is -0.150. The number of nitrogens with zero attached hydrogens (tertiary/aromatic N) is 2. The van der Waals surface area contributed by atoms with Crippen LogP contribution >= 0.6 is 0 Å². The second-order valence-electron chi connectivity index (χ2n) is 16.2. The van der Waals surface area contributed by atoms with Gasteiger partial charge in [-0.1, -0.05) is 42.5 Å². The predicted molar refractivity (Wildman–Crippen MR) is 221 cm³/mol. The van der Waals surface area contributed by atoms with E-state index in [9.17, 15) is 32.4 Å². The normalized spacial score (nSPS) is 22.3. The number of esters is 1. The molecule has 2 aromatic carbocycles. The molecule has 0 bridgehead atoms. The van der Waals surface area contributed by atoms with Crippen LogP contribution in [0.2, 0.25) is 0 Å². The molecule has 1 aromatic heterocycles. The molecule has 2 saturated carbocycles. The molecule has 2 heterocycles. The molecule has 0 radical (unpaired) electrons. The SMILES string of the molecule is C=C[C@@H]1C[C@]1(NC(=O)[C@@H]1C[C@@H](Oc2cc(-c3ccccc3)nc3cc(OC)ccc23)CN1C(=O)[C@@H](NC(=O)OC(C)(C)C)[C@@H](C)OC(=O)/C=C/C)C(=O)NS(=O)(=O)C1CC1. The lowest BCUT2D eigenvalue weighted by atomic mass is 10.1. The number of carbonyl (C=O) groups excluding carboxylic acids is 5. The summed E-state index contributed by atoms with van der Waals surface area (Å²) < 4.78 is 50.9. The number of hydrogen-bond acceptors (Lipinski definition) is 12. The summed E-state index contributed by atoms with van der Waals surface area (Å²) in [6.45, 7) is 11.5. The average Bonchev–Trinajstić information content (AvgIpc) is 4.12. The third-order valence-electron chi connectivity index (χ3n) is 10.5. The largest absolute Gasteiger partial charge is 0.497 e. The Morgan fingerprint density at radius 2 is 1.77 bits per heavy atom. The molecule has 3 N–H and O–H groups in total. The molecule has 3 aliphatic rings. The summed E-state index contributed by atoms with van der Waals surface area (Å²) in [5.74, 6) is -2.91. The topological polar surface area (TPSA) is 209 Å². The fraction of sp³-hybridized carbons (Fsp3) is 0.442. The van der Waals surface area contributed by atoms with Gasteiger partial charge in [0, 0.05) is 41.5 Å². The Morgan fingerprint density at radius 3 is 2.38 bits per heavy atom. The zero-order valence-corrected chi connectivity index (χ0v) is 35.2. The van der Waals surface area contributed by atoms with Crippen LogP contribution in [0.1, 0.15) is 60.3 Å². The van der Waals surface area contributed by atoms with Gasteiger partial charge in [0.15, 0.2) is 0 Å². The summed E-state index contributed by atoms with van der Waals surface area (Å²) in [5, 5.41) is 5.21. The molecule has 3 aromatic rings. The number of hydrogen-bond donors (Lipinski definition) is 3. The molecular weight excluding hydrogens is 795 g/mol. The van der Waals surface area contributed by atoms with E-state index in [1.807, 2.05) is 30.3 Å². The third-order valence-corrected chi connectivity index (χ3v) is 12.3. The molecule has 0 unspecified atom stereocenters. The molecule has 16 nitrogen and oxygen atoms in total. The monoisotopic (exact) mass is 845 g/mol. The Morgan fingerprint density at radius 1 is 1.05 bits per heavy atom. The van der Waals surface area contributed by atoms with Crippen molar-refractivity contribution in [3.05, 3.63) is 79.4 Å². The second-order valence-corrected chi connectivity index (χ2v) is 18.1. The number of likely N-dealkylation sites (tertiary alicyclic amines) is 1. The Labute approximate surface area is 349 Å². The minimum absolute atomic E-state index is 0.0738. The van der Waals surface area contributed by atoms with Crippen LogP contribution in [-0.2, 0) is 38.7 Å². The number of aromatic nitrogens is 1. The highest BCUT2D eigenvalue weighted by molar-refractivity contribution is 7.91. The van der Waals surface area contributed by atoms with E-state index in [1.165, 1.54) is 24.0 Å². The van der Waals surface area contributed by atoms with Crippen LogP contribution in [-0.4, -0.2) is 102 Å². The highest BCUT2D eigenvalue weighted by atomic mass is 32.2. The molecule has 17 heteroatoms. The van der Waals surface area contributed by atoms with Gasteiger partial charge in [0.1, 0.15) is 46.9 Å². The molecule has 6 atom stereocenters. The lowest BCUT2D eigenvalue weighted by Crippen LogP contribution is -2.60. The summed E-state index contributed by atoms with van der Waals surface area (Å²) in [4.78, 5) is 74.7. The summed E-state index contributed by atoms with van der Waals surface area (Å²) in [6, 6.07) is 13.6. The molecule has 320 valence electrons. The number of methoxy groups -OCH3 is 1. The lowest BCUT2D eigenvalue weighted by Gasteiger charge is -2.32. The fourth-order valence-electron chi connectivity index (χ4n) is 7.15. The van der Waals surface area contributed by atoms with Gasteiger partial charge in [0.05, 0.1) is 30.1 Å². The van der Waals surface area contributed by atoms with Crippen LogP contribution in [0.25, 0.3) is 22.2 Å². The molecule has 1 saturated heterocycles. The van der Waals surface area contributed by atoms with E-state index < -0.39 is 86.4 Å². The molecule has 1 aliphatic heterocycles. The van der Waals surface area contributed by atoms with E-state index in [0.717, 1.165) is 11.6 Å². The molecule has 6 rings (SSSR count). The van der Waals surface area contributed by atoms with Gasteiger partial charge in [0.25, 0.3) is 5.91 Å². The van der Waals surface area contributed by atoms with Crippen LogP contribution in [0, 0.1) is 5.92 Å². The number of rotatable bonds is 15. The number of fused-ring (bicyclic) bond motifs is 1. The van der Waals surface area contributed by atoms with Crippen molar-refractivity contribution in [2.45, 2.75) is 101 Å². The molecule has 60 heavy (non-hydrogen) atoms. The van der Waals surface area contributed by atoms with E-state index in [4.69, 9.17) is 23.9 Å². The van der Waals surface area contributed by atoms with Crippen molar-refractivity contribution in [1.29, 1.82) is 0 Å². The maximum Gasteiger partial charge on any atom is 0.408 e. The van der Waals surface area contributed by atoms with E-state index in [-0.39, 0.29) is 19.4 Å². The molecule has 2 aliphatic carbocycles. The first-order valence-electron chi connectivity index (χ1n) is 19.7. The van der Waals surface area contributed by atoms with Gasteiger partial charge in [-0.25, -0.2) is 23.0 Å². The van der Waals surface area contributed by atoms with Crippen molar-refractivity contribution in [3.8, 4) is 22.8 Å². The average molecular weight is 846 g/mol. The van der Waals surface area contributed by atoms with E-state index in [2.05, 4.69) is 21.9 Å². The van der Waals surface area contributed by atoms with Crippen LogP contribution in [0.3, 0.4) is 0 Å². The number of nitrogens with one attached hydrogen (secondary N) is 3. The van der Waals surface area contributed by atoms with Crippen LogP contribution < -0.4 is 24.8 Å². The number of pyridine rings is 1. The molecule has 4 amide bonds. The first kappa shape index (κ1) is 43.6. The highest BCUT2D eigenvalue weighted by Crippen LogP contribution is 2.45. The fourth-order valence-corrected chi connectivity index (χ4v) is 8.51. The van der Waals surface area contributed by atoms with E-state index >= 15 is 0 Å². The smallest absolute Gasteiger partial charge is 0.408 e. The first-order valence-corrected chi connectivity index (χ1v) is 21.3. The number of carbonyl (C=O) groups is 5. The molecule has 3 fully saturated rings. The summed E-state index contributed by atoms with van der Waals surface area (Å²) >= 11 is 0. The Hall–Kier alpha value is -5.97. The summed E-state index contributed by atoms with van der Waals surface area (Å²) in [6.07, 6.45) is 1.79. The minimum atomic E-state index is -3.97. The maximum absolute atomic E-state index is 14.8. The number of alkyl carbamates (subject to hydrolysis) is 1. The summed E-state index contributed by atoms with van der Waals surface area (Å²) in [5.41, 5.74) is -0.658. The van der Waals surface area contributed by atoms with Crippen LogP contribution in [0.5, 0.6) is 11.5 Å². The van der Waals surface area contributed by atoms with Gasteiger partial charge < -0.3 is 34.5 Å². The number of ether oxygens (including phenoxy) is 4. The quantitative estimate of drug-likeness (QED) is 0.111. The van der Waals surface area contributed by atoms with Gasteiger partial charge in [-0.15, -0.1) is 6.58 Å². The van der Waals surface area contributed by atoms with Gasteiger partial charge in [0.2, 0.25) is 21.8 Å². The first-order chi connectivity index (χ1) is 28.4. The number of amides is 4. The number of benzene rings is 2. The van der Waals surface area contributed by atoms with Crippen molar-refractivity contribution in [2.24, 2.45) is 5.92 Å². The van der Waals surface area contributed by atoms with Crippen LogP contribution in [0.15, 0.2) is 79.4 Å². The number of sulfonamides is 1. The van der Waals surface area contributed by atoms with Crippen molar-refractivity contribution in [1.82, 2.24) is 25.2 Å². The van der Waals surface area contributed by atoms with E-state index in [0.29, 0.717) is 40.9 Å². The molecular formula is C43H51N5O11S. The second kappa shape index (κ2) is 17.3. The zero-order valence-electron chi connectivity index (χ0n) is 34.4. The Bertz CT molecular complexity index is 2310. The van der Waals surface area contributed by atoms with Crippen molar-refractivity contribution in [3.63, 3.8) is 0 Å². The van der Waals surface area contributed by atoms with Gasteiger partial charge in [-0.05, 0) is 66.0 Å². The highest BCUT2D eigenvalue weighted by Gasteiger charge is 2.62. The van der Waals surface area contributed by atoms with Crippen molar-refractivity contribution in [2.75, 3.05) is 13.7 Å². The van der Waals surface area contributed by atoms with Crippen molar-refractivity contribution >= 4 is 50.7 Å². The Kier molecular flexibility index (Phi) is 12.6. The standard InChI is InChI=1S/C43H51N5O11S/c1-8-13-36(49)57-25(3)37(45-41(53)59-42(4,5)6)39(51)48-24-29(21-34(48)38(50)46-43(23-27(43)9-2)40(52)47-60(54,55)30-17-18-30)58-35-22-32(26-14-11-10-12-15-26)44-33-20-28(56-7)16-19-31(33)35/h8-16,19-20,22,25,27,29-30,34,37H,2,17-18,21,23-24H2,1,3-7H3,(H,45,53)(H,46,50)(H,47,52)/b13-8+/t25-,27-,29-,34+,37+,43-/m1/s1. The summed E-state index contributed by atoms with van der Waals surface area (Å²) in [7, 11) is -2.43. The Balaban J connectivity index is 1.36. The van der Waals surface area contributed by atoms with Crippen LogP contribution in [0.4, 0.5) is 4.79 Å². The number of allylic oxidation sites excluding steroid dienone is 1. The zero-order chi connectivity index (χ0) is 43.6. The van der Waals surface area contributed by atoms with E-state index in [1.54, 1.807) is 59.1 Å². The van der Waals surface area contributed by atoms with Gasteiger partial charge >= 0.3 is 12.1 Å². The van der Waals surface area contributed by atoms with Gasteiger partial charge in [-0.2, -0.15) is 0 Å². The maximum atomic E-state index is 14.8. The molecule has 0 spiro atoms. The van der Waals surface area contributed by atoms with Crippen molar-refractivity contribution < 1.29 is 51.3 Å².